The Morgan fingerprint density at radius 2 is 2.14 bits per heavy atom. The highest BCUT2D eigenvalue weighted by atomic mass is 127. The minimum Gasteiger partial charge on any atom is -0.379 e. The lowest BCUT2D eigenvalue weighted by Gasteiger charge is -2.33. The molecule has 3 rings (SSSR count). The molecule has 0 bridgehead atoms. The number of hydrogen-bond donors (Lipinski definition) is 2. The van der Waals surface area contributed by atoms with E-state index in [0.717, 1.165) is 32.8 Å². The maximum atomic E-state index is 11.7. The van der Waals surface area contributed by atoms with Gasteiger partial charge in [0.05, 0.1) is 37.3 Å². The Bertz CT molecular complexity index is 748. The number of thiophene rings is 1. The minimum atomic E-state index is -2.91. The van der Waals surface area contributed by atoms with Crippen LogP contribution in [0.1, 0.15) is 29.1 Å². The quantitative estimate of drug-likeness (QED) is 0.324. The number of hydrogen-bond acceptors (Lipinski definition) is 6. The lowest BCUT2D eigenvalue weighted by molar-refractivity contribution is 0.0186. The van der Waals surface area contributed by atoms with Gasteiger partial charge in [-0.25, -0.2) is 8.42 Å². The zero-order valence-electron chi connectivity index (χ0n) is 16.5. The van der Waals surface area contributed by atoms with Gasteiger partial charge in [0.15, 0.2) is 15.8 Å². The van der Waals surface area contributed by atoms with E-state index in [4.69, 9.17) is 9.73 Å². The van der Waals surface area contributed by atoms with Crippen LogP contribution in [0.3, 0.4) is 0 Å². The second kappa shape index (κ2) is 11.1. The van der Waals surface area contributed by atoms with Crippen molar-refractivity contribution in [2.45, 2.75) is 32.4 Å². The molecule has 2 atom stereocenters. The topological polar surface area (TPSA) is 83.0 Å². The summed E-state index contributed by atoms with van der Waals surface area (Å²) in [5, 5.41) is 6.56. The number of aliphatic imine (C=N–C) groups is 1. The fourth-order valence-corrected chi connectivity index (χ4v) is 6.18. The normalized spacial score (nSPS) is 23.8. The average Bonchev–Trinajstić information content (AvgIpc) is 3.21. The number of morpholine rings is 1. The molecule has 0 amide bonds. The Kier molecular flexibility index (Phi) is 9.45. The average molecular weight is 543 g/mol. The molecule has 160 valence electrons. The van der Waals surface area contributed by atoms with Crippen LogP contribution in [0.2, 0.25) is 0 Å². The van der Waals surface area contributed by atoms with Crippen molar-refractivity contribution in [2.24, 2.45) is 4.99 Å². The molecule has 1 aromatic heterocycles. The van der Waals surface area contributed by atoms with Gasteiger partial charge in [-0.15, -0.1) is 35.3 Å². The number of aryl methyl sites for hydroxylation is 1. The highest BCUT2D eigenvalue weighted by Crippen LogP contribution is 2.28. The van der Waals surface area contributed by atoms with Gasteiger partial charge in [-0.2, -0.15) is 0 Å². The van der Waals surface area contributed by atoms with E-state index in [2.05, 4.69) is 34.6 Å². The Hall–Kier alpha value is -0.430. The van der Waals surface area contributed by atoms with Crippen molar-refractivity contribution in [3.05, 3.63) is 21.9 Å². The third kappa shape index (κ3) is 6.82. The fraction of sp³-hybridized carbons (Fsp3) is 0.722. The lowest BCUT2D eigenvalue weighted by Crippen LogP contribution is -2.45. The van der Waals surface area contributed by atoms with Crippen LogP contribution in [0, 0.1) is 6.92 Å². The minimum absolute atomic E-state index is 0. The molecule has 28 heavy (non-hydrogen) atoms. The van der Waals surface area contributed by atoms with Gasteiger partial charge in [-0.3, -0.25) is 9.89 Å². The molecule has 2 fully saturated rings. The Labute approximate surface area is 189 Å². The number of nitrogens with zero attached hydrogens (tertiary/aromatic N) is 2. The first kappa shape index (κ1) is 23.8. The molecule has 0 radical (unpaired) electrons. The van der Waals surface area contributed by atoms with E-state index >= 15 is 0 Å². The van der Waals surface area contributed by atoms with Crippen LogP contribution in [-0.2, 0) is 14.6 Å². The van der Waals surface area contributed by atoms with E-state index < -0.39 is 9.84 Å². The van der Waals surface area contributed by atoms with Crippen LogP contribution in [0.4, 0.5) is 0 Å². The van der Waals surface area contributed by atoms with Crippen molar-refractivity contribution in [1.82, 2.24) is 15.5 Å². The summed E-state index contributed by atoms with van der Waals surface area (Å²) in [5.41, 5.74) is 0. The molecule has 0 saturated carbocycles. The van der Waals surface area contributed by atoms with Crippen molar-refractivity contribution in [3.63, 3.8) is 0 Å². The summed E-state index contributed by atoms with van der Waals surface area (Å²) in [7, 11) is -2.91. The molecule has 1 aromatic rings. The first-order valence-corrected chi connectivity index (χ1v) is 12.2. The van der Waals surface area contributed by atoms with E-state index in [9.17, 15) is 8.42 Å². The van der Waals surface area contributed by atoms with E-state index in [1.54, 1.807) is 0 Å². The summed E-state index contributed by atoms with van der Waals surface area (Å²) in [6.07, 6.45) is 0.643. The predicted molar refractivity (Wildman–Crippen MR) is 126 cm³/mol. The first-order chi connectivity index (χ1) is 13.0. The van der Waals surface area contributed by atoms with E-state index in [-0.39, 0.29) is 47.6 Å². The van der Waals surface area contributed by atoms with Crippen LogP contribution < -0.4 is 10.6 Å². The van der Waals surface area contributed by atoms with Crippen LogP contribution in [-0.4, -0.2) is 76.2 Å². The summed E-state index contributed by atoms with van der Waals surface area (Å²) in [6.45, 7) is 8.83. The monoisotopic (exact) mass is 542 g/mol. The molecular weight excluding hydrogens is 511 g/mol. The van der Waals surface area contributed by atoms with Gasteiger partial charge in [0.2, 0.25) is 0 Å². The van der Waals surface area contributed by atoms with Crippen LogP contribution >= 0.6 is 35.3 Å². The number of sulfone groups is 1. The lowest BCUT2D eigenvalue weighted by atomic mass is 10.2. The molecular formula is C18H31IN4O3S2. The predicted octanol–water partition coefficient (Wildman–Crippen LogP) is 1.79. The fourth-order valence-electron chi connectivity index (χ4n) is 3.51. The van der Waals surface area contributed by atoms with Gasteiger partial charge in [-0.1, -0.05) is 0 Å². The van der Waals surface area contributed by atoms with Crippen molar-refractivity contribution in [1.29, 1.82) is 0 Å². The maximum absolute atomic E-state index is 11.7. The largest absolute Gasteiger partial charge is 0.379 e. The molecule has 0 aromatic carbocycles. The maximum Gasteiger partial charge on any atom is 0.191 e. The van der Waals surface area contributed by atoms with Gasteiger partial charge in [-0.05, 0) is 32.4 Å². The molecule has 3 heterocycles. The van der Waals surface area contributed by atoms with Crippen LogP contribution in [0.25, 0.3) is 0 Å². The number of nitrogens with one attached hydrogen (secondary N) is 2. The van der Waals surface area contributed by atoms with E-state index in [1.807, 2.05) is 18.3 Å². The molecule has 2 N–H and O–H groups in total. The number of guanidine groups is 1. The van der Waals surface area contributed by atoms with Crippen LogP contribution in [0.5, 0.6) is 0 Å². The van der Waals surface area contributed by atoms with E-state index in [0.29, 0.717) is 18.9 Å². The molecule has 10 heteroatoms. The van der Waals surface area contributed by atoms with Crippen LogP contribution in [0.15, 0.2) is 17.1 Å². The smallest absolute Gasteiger partial charge is 0.191 e. The number of halogens is 1. The van der Waals surface area contributed by atoms with Crippen molar-refractivity contribution >= 4 is 51.1 Å². The summed E-state index contributed by atoms with van der Waals surface area (Å²) < 4.78 is 29.0. The van der Waals surface area contributed by atoms with Gasteiger partial charge < -0.3 is 15.4 Å². The van der Waals surface area contributed by atoms with Crippen molar-refractivity contribution in [2.75, 3.05) is 50.9 Å². The Morgan fingerprint density at radius 3 is 2.71 bits per heavy atom. The summed E-state index contributed by atoms with van der Waals surface area (Å²) in [5.74, 6) is 1.15. The highest BCUT2D eigenvalue weighted by Gasteiger charge is 2.29. The van der Waals surface area contributed by atoms with Gasteiger partial charge in [0.1, 0.15) is 0 Å². The van der Waals surface area contributed by atoms with Gasteiger partial charge >= 0.3 is 0 Å². The van der Waals surface area contributed by atoms with Gasteiger partial charge in [0, 0.05) is 35.4 Å². The molecule has 0 aliphatic carbocycles. The molecule has 0 spiro atoms. The molecule has 2 saturated heterocycles. The highest BCUT2D eigenvalue weighted by molar-refractivity contribution is 14.0. The van der Waals surface area contributed by atoms with Gasteiger partial charge in [0.25, 0.3) is 0 Å². The summed E-state index contributed by atoms with van der Waals surface area (Å²) in [4.78, 5) is 9.86. The Morgan fingerprint density at radius 1 is 1.39 bits per heavy atom. The zero-order valence-corrected chi connectivity index (χ0v) is 20.5. The van der Waals surface area contributed by atoms with Crippen molar-refractivity contribution < 1.29 is 13.2 Å². The third-order valence-corrected chi connectivity index (χ3v) is 7.79. The number of ether oxygens (including phenoxy) is 1. The standard InChI is InChI=1S/C18H30N4O3S2.HI/c1-3-19-18(21-15-6-11-27(23,24)13-15)20-12-16(17-5-4-14(2)26-17)22-7-9-25-10-8-22;/h4-5,15-16H,3,6-13H2,1-2H3,(H2,19,20,21);1H. The summed E-state index contributed by atoms with van der Waals surface area (Å²) >= 11 is 1.82. The van der Waals surface area contributed by atoms with E-state index in [1.165, 1.54) is 9.75 Å². The number of rotatable bonds is 6. The molecule has 2 aliphatic heterocycles. The Balaban J connectivity index is 0.00000280. The molecule has 2 unspecified atom stereocenters. The molecule has 2 aliphatic rings. The van der Waals surface area contributed by atoms with Crippen molar-refractivity contribution in [3.8, 4) is 0 Å². The zero-order chi connectivity index (χ0) is 19.3. The second-order valence-electron chi connectivity index (χ2n) is 7.08. The molecule has 7 nitrogen and oxygen atoms in total. The first-order valence-electron chi connectivity index (χ1n) is 9.60. The SMILES string of the molecule is CCNC(=NCC(c1ccc(C)s1)N1CCOCC1)NC1CCS(=O)(=O)C1.I. The second-order valence-corrected chi connectivity index (χ2v) is 10.6. The third-order valence-electron chi connectivity index (χ3n) is 4.92. The summed E-state index contributed by atoms with van der Waals surface area (Å²) in [6, 6.07) is 4.51.